The van der Waals surface area contributed by atoms with Gasteiger partial charge in [0, 0.05) is 54.8 Å². The van der Waals surface area contributed by atoms with Crippen LogP contribution in [0.4, 0.5) is 5.69 Å². The maximum absolute atomic E-state index is 13.5. The maximum Gasteiger partial charge on any atom is 0.255 e. The van der Waals surface area contributed by atoms with Crippen LogP contribution in [0.15, 0.2) is 78.9 Å². The Labute approximate surface area is 508 Å². The lowest BCUT2D eigenvalue weighted by Crippen LogP contribution is -2.50. The van der Waals surface area contributed by atoms with Crippen molar-refractivity contribution in [1.29, 1.82) is 0 Å². The van der Waals surface area contributed by atoms with Crippen molar-refractivity contribution in [3.05, 3.63) is 101 Å². The van der Waals surface area contributed by atoms with E-state index < -0.39 is 24.0 Å². The van der Waals surface area contributed by atoms with Gasteiger partial charge in [0.2, 0.25) is 30.0 Å². The van der Waals surface area contributed by atoms with Gasteiger partial charge in [-0.2, -0.15) is 0 Å². The van der Waals surface area contributed by atoms with Gasteiger partial charge in [-0.05, 0) is 82.4 Å². The Morgan fingerprint density at radius 2 is 1.25 bits per heavy atom. The van der Waals surface area contributed by atoms with Gasteiger partial charge in [-0.25, -0.2) is 0 Å². The standard InChI is InChI=1S/C33H51N7O6.C9H11NO.C8H10.C4H10N2O.2C3H8.3C2H6/c1-7-9-26(37-28(41)17-35-6)33(46)39-11-10-38(19-39)32(45)23-13-22(14-24(34)15-23)31(44)36-25-16-27(30(43)20(3)4)40(18-25)29(42)12-21(5)8-2;1-8(10-7-11)9-5-3-2-4-6-9;1-2-8-6-4-3-5-7-8;1-3(6-2)4(5)7;2*1-3-2;3*1-2/h13-15,20-21,25-27,35H,7-12,16-19,34H2,1-6H3,(H,36,44)(H,37,41);2-8H,1H3,(H,10,11);3-7H,2H2,1H3;3,6H,1-2H3,(H2,5,7);2*3H2,1-2H3;3*1-2H3. The summed E-state index contributed by atoms with van der Waals surface area (Å²) in [4.78, 5) is 103. The largest absolute Gasteiger partial charge is 0.399 e. The third-order valence-electron chi connectivity index (χ3n) is 12.4. The fourth-order valence-corrected chi connectivity index (χ4v) is 7.69. The summed E-state index contributed by atoms with van der Waals surface area (Å²) < 4.78 is 0. The molecule has 84 heavy (non-hydrogen) atoms. The number of carbonyl (C=O) groups is 8. The Morgan fingerprint density at radius 1 is 0.726 bits per heavy atom. The molecule has 3 aromatic carbocycles. The number of anilines is 1. The number of nitrogen functional groups attached to an aromatic ring is 1. The number of likely N-dealkylation sites (N-methyl/N-ethyl adjacent to an activating group) is 2. The average molecular weight is 1180 g/mol. The van der Waals surface area contributed by atoms with Crippen LogP contribution < -0.4 is 38.1 Å². The number of likely N-dealkylation sites (tertiary alicyclic amines) is 1. The molecule has 2 heterocycles. The summed E-state index contributed by atoms with van der Waals surface area (Å²) >= 11 is 0. The molecule has 2 fully saturated rings. The predicted molar refractivity (Wildman–Crippen MR) is 348 cm³/mol. The van der Waals surface area contributed by atoms with Gasteiger partial charge in [0.05, 0.1) is 31.3 Å². The van der Waals surface area contributed by atoms with E-state index in [9.17, 15) is 38.4 Å². The van der Waals surface area contributed by atoms with Crippen molar-refractivity contribution in [2.75, 3.05) is 52.7 Å². The van der Waals surface area contributed by atoms with Gasteiger partial charge in [-0.15, -0.1) is 0 Å². The smallest absolute Gasteiger partial charge is 0.255 e. The lowest BCUT2D eigenvalue weighted by Gasteiger charge is -2.26. The number of rotatable bonds is 20. The summed E-state index contributed by atoms with van der Waals surface area (Å²) in [5, 5.41) is 13.9. The van der Waals surface area contributed by atoms with Crippen LogP contribution in [-0.4, -0.2) is 133 Å². The monoisotopic (exact) mass is 1180 g/mol. The number of amides is 7. The number of primary amides is 1. The maximum atomic E-state index is 13.5. The summed E-state index contributed by atoms with van der Waals surface area (Å²) in [7, 11) is 3.34. The SMILES string of the molecule is CC.CC.CC.CC(NC=O)c1ccccc1.CCC.CCC.CCCC(NC(=O)CNC)C(=O)N1CCN(C(=O)c2cc(N)cc(C(=O)NC3CC(C(=O)C(C)C)N(C(=O)CC(C)CC)C3)c2)C1.CCc1ccccc1.CNC(C)C(N)=O. The van der Waals surface area contributed by atoms with E-state index in [0.29, 0.717) is 32.2 Å². The summed E-state index contributed by atoms with van der Waals surface area (Å²) in [6.45, 7) is 36.8. The molecule has 3 aromatic rings. The van der Waals surface area contributed by atoms with Gasteiger partial charge in [0.15, 0.2) is 5.78 Å². The molecule has 0 aromatic heterocycles. The molecule has 18 heteroatoms. The van der Waals surface area contributed by atoms with Gasteiger partial charge < -0.3 is 52.8 Å². The molecule has 2 aliphatic heterocycles. The zero-order valence-corrected chi connectivity index (χ0v) is 55.6. The van der Waals surface area contributed by atoms with Crippen molar-refractivity contribution in [3.8, 4) is 0 Å². The first-order valence-corrected chi connectivity index (χ1v) is 30.9. The molecular formula is C66H116N10O8. The number of ketones is 1. The molecule has 478 valence electrons. The average Bonchev–Trinajstić information content (AvgIpc) is 3.23. The second-order valence-electron chi connectivity index (χ2n) is 19.9. The van der Waals surface area contributed by atoms with E-state index in [4.69, 9.17) is 11.5 Å². The molecule has 5 rings (SSSR count). The number of nitrogens with zero attached hydrogens (tertiary/aromatic N) is 3. The Bertz CT molecular complexity index is 2230. The van der Waals surface area contributed by atoms with E-state index in [1.807, 2.05) is 106 Å². The van der Waals surface area contributed by atoms with Crippen LogP contribution in [0.2, 0.25) is 0 Å². The highest BCUT2D eigenvalue weighted by Crippen LogP contribution is 2.25. The quantitative estimate of drug-likeness (QED) is 0.0414. The molecule has 0 radical (unpaired) electrons. The Morgan fingerprint density at radius 3 is 1.69 bits per heavy atom. The first-order chi connectivity index (χ1) is 40.1. The lowest BCUT2D eigenvalue weighted by atomic mass is 9.98. The molecule has 6 unspecified atom stereocenters. The van der Waals surface area contributed by atoms with Crippen LogP contribution in [0.5, 0.6) is 0 Å². The molecular weight excluding hydrogens is 1060 g/mol. The fraction of sp³-hybridized carbons (Fsp3) is 0.606. The molecule has 0 aliphatic carbocycles. The van der Waals surface area contributed by atoms with E-state index in [-0.39, 0.29) is 102 Å². The van der Waals surface area contributed by atoms with Gasteiger partial charge in [-0.3, -0.25) is 38.4 Å². The number of hydrogen-bond acceptors (Lipinski definition) is 11. The van der Waals surface area contributed by atoms with Crippen molar-refractivity contribution in [2.24, 2.45) is 17.6 Å². The predicted octanol–water partition coefficient (Wildman–Crippen LogP) is 10.1. The summed E-state index contributed by atoms with van der Waals surface area (Å²) in [5.74, 6) is -1.90. The first kappa shape index (κ1) is 83.8. The van der Waals surface area contributed by atoms with Crippen LogP contribution >= 0.6 is 0 Å². The summed E-state index contributed by atoms with van der Waals surface area (Å²) in [6.07, 6.45) is 7.03. The van der Waals surface area contributed by atoms with E-state index in [1.54, 1.807) is 44.7 Å². The molecule has 18 nitrogen and oxygen atoms in total. The molecule has 7 amide bonds. The minimum atomic E-state index is -0.684. The van der Waals surface area contributed by atoms with Crippen molar-refractivity contribution < 1.29 is 38.4 Å². The Kier molecular flexibility index (Phi) is 51.8. The zero-order chi connectivity index (χ0) is 65.3. The Balaban J connectivity index is -0.000000673. The molecule has 6 atom stereocenters. The topological polar surface area (TPSA) is 258 Å². The number of aryl methyl sites for hydroxylation is 1. The normalized spacial score (nSPS) is 14.8. The van der Waals surface area contributed by atoms with Crippen LogP contribution in [-0.2, 0) is 35.2 Å². The third kappa shape index (κ3) is 34.8. The van der Waals surface area contributed by atoms with Crippen LogP contribution in [0.1, 0.15) is 207 Å². The molecule has 2 aliphatic rings. The van der Waals surface area contributed by atoms with Crippen LogP contribution in [0.25, 0.3) is 0 Å². The van der Waals surface area contributed by atoms with E-state index >= 15 is 0 Å². The van der Waals surface area contributed by atoms with E-state index in [0.717, 1.165) is 24.8 Å². The highest BCUT2D eigenvalue weighted by Gasteiger charge is 2.41. The summed E-state index contributed by atoms with van der Waals surface area (Å²) in [5.41, 5.74) is 14.1. The van der Waals surface area contributed by atoms with Gasteiger partial charge in [0.25, 0.3) is 11.8 Å². The van der Waals surface area contributed by atoms with Crippen molar-refractivity contribution >= 4 is 53.3 Å². The highest BCUT2D eigenvalue weighted by atomic mass is 16.2. The Hall–Kier alpha value is -6.66. The fourth-order valence-electron chi connectivity index (χ4n) is 7.69. The second kappa shape index (κ2) is 51.9. The zero-order valence-electron chi connectivity index (χ0n) is 55.6. The molecule has 9 N–H and O–H groups in total. The van der Waals surface area contributed by atoms with Gasteiger partial charge in [0.1, 0.15) is 6.04 Å². The van der Waals surface area contributed by atoms with Crippen molar-refractivity contribution in [2.45, 2.75) is 206 Å². The minimum Gasteiger partial charge on any atom is -0.399 e. The molecule has 0 bridgehead atoms. The molecule has 0 spiro atoms. The number of benzene rings is 3. The number of hydrogen-bond donors (Lipinski definition) is 7. The van der Waals surface area contributed by atoms with Crippen LogP contribution in [0.3, 0.4) is 0 Å². The van der Waals surface area contributed by atoms with Crippen LogP contribution in [0, 0.1) is 11.8 Å². The lowest BCUT2D eigenvalue weighted by molar-refractivity contribution is -0.139. The first-order valence-electron chi connectivity index (χ1n) is 30.9. The molecule has 2 saturated heterocycles. The van der Waals surface area contributed by atoms with E-state index in [1.165, 1.54) is 41.5 Å². The minimum absolute atomic E-state index is 0.0365. The molecule has 0 saturated carbocycles. The van der Waals surface area contributed by atoms with E-state index in [2.05, 4.69) is 85.5 Å². The number of nitrogens with two attached hydrogens (primary N) is 2. The highest BCUT2D eigenvalue weighted by molar-refractivity contribution is 6.01. The second-order valence-corrected chi connectivity index (χ2v) is 19.9. The summed E-state index contributed by atoms with van der Waals surface area (Å²) in [6, 6.07) is 22.9. The van der Waals surface area contributed by atoms with Crippen molar-refractivity contribution in [1.82, 2.24) is 41.3 Å². The number of Topliss-reactive ketones (excluding diaryl/α,β-unsaturated/α-hetero) is 1. The van der Waals surface area contributed by atoms with Gasteiger partial charge in [-0.1, -0.05) is 197 Å². The van der Waals surface area contributed by atoms with Crippen molar-refractivity contribution in [3.63, 3.8) is 0 Å². The number of nitrogens with one attached hydrogen (secondary N) is 5. The number of carbonyl (C=O) groups excluding carboxylic acids is 8. The third-order valence-corrected chi connectivity index (χ3v) is 12.4. The van der Waals surface area contributed by atoms with Gasteiger partial charge >= 0.3 is 0 Å².